The molecule has 4 nitrogen and oxygen atoms in total. The zero-order valence-corrected chi connectivity index (χ0v) is 23.8. The van der Waals surface area contributed by atoms with E-state index in [4.69, 9.17) is 4.74 Å². The minimum absolute atomic E-state index is 0.280. The summed E-state index contributed by atoms with van der Waals surface area (Å²) in [6.45, 7) is 0. The van der Waals surface area contributed by atoms with E-state index in [0.29, 0.717) is 10.3 Å². The first-order valence-corrected chi connectivity index (χ1v) is 15.6. The molecule has 7 aromatic carbocycles. The van der Waals surface area contributed by atoms with Gasteiger partial charge in [-0.3, -0.25) is 0 Å². The summed E-state index contributed by atoms with van der Waals surface area (Å²) < 4.78 is 34.2. The molecular formula is C38H25NO3S. The Morgan fingerprint density at radius 2 is 1.07 bits per heavy atom. The Hall–Kier alpha value is -5.39. The molecule has 0 aromatic heterocycles. The van der Waals surface area contributed by atoms with E-state index in [-0.39, 0.29) is 4.90 Å². The van der Waals surface area contributed by atoms with Crippen molar-refractivity contribution in [2.45, 2.75) is 9.79 Å². The van der Waals surface area contributed by atoms with E-state index in [9.17, 15) is 8.42 Å². The van der Waals surface area contributed by atoms with E-state index < -0.39 is 9.84 Å². The minimum atomic E-state index is -3.76. The standard InChI is InChI=1S/C38H25NO3S/c40-43(41,27-14-2-1-3-15-27)37-23-11-13-26-12-10-18-31(38(26)37)29-24-25-32(30-17-5-4-16-28(29)30)39-33-19-6-8-21-35(33)42-36-22-9-7-20-34(36)39/h1-25H. The van der Waals surface area contributed by atoms with Crippen LogP contribution in [-0.2, 0) is 9.84 Å². The summed E-state index contributed by atoms with van der Waals surface area (Å²) in [5.41, 5.74) is 4.77. The topological polar surface area (TPSA) is 46.6 Å². The van der Waals surface area contributed by atoms with Crippen LogP contribution in [0.4, 0.5) is 17.1 Å². The fraction of sp³-hybridized carbons (Fsp3) is 0. The Kier molecular flexibility index (Phi) is 5.81. The van der Waals surface area contributed by atoms with Crippen molar-refractivity contribution in [3.8, 4) is 22.6 Å². The van der Waals surface area contributed by atoms with Crippen molar-refractivity contribution >= 4 is 48.4 Å². The number of rotatable bonds is 4. The molecule has 0 spiro atoms. The molecule has 43 heavy (non-hydrogen) atoms. The van der Waals surface area contributed by atoms with Gasteiger partial charge < -0.3 is 9.64 Å². The average molecular weight is 576 g/mol. The molecule has 206 valence electrons. The van der Waals surface area contributed by atoms with Crippen LogP contribution in [0.1, 0.15) is 0 Å². The van der Waals surface area contributed by atoms with Crippen LogP contribution in [0.3, 0.4) is 0 Å². The molecule has 0 fully saturated rings. The van der Waals surface area contributed by atoms with Gasteiger partial charge in [-0.2, -0.15) is 0 Å². The summed E-state index contributed by atoms with van der Waals surface area (Å²) in [4.78, 5) is 2.83. The number of para-hydroxylation sites is 4. The third kappa shape index (κ3) is 4.01. The molecule has 0 saturated heterocycles. The fourth-order valence-corrected chi connectivity index (χ4v) is 7.68. The highest BCUT2D eigenvalue weighted by molar-refractivity contribution is 7.91. The summed E-state index contributed by atoms with van der Waals surface area (Å²) in [5, 5.41) is 3.67. The molecule has 7 aromatic rings. The lowest BCUT2D eigenvalue weighted by Gasteiger charge is -2.33. The quantitative estimate of drug-likeness (QED) is 0.209. The van der Waals surface area contributed by atoms with Crippen LogP contribution >= 0.6 is 0 Å². The molecule has 0 amide bonds. The predicted molar refractivity (Wildman–Crippen MR) is 174 cm³/mol. The Balaban J connectivity index is 1.39. The molecule has 0 atom stereocenters. The van der Waals surface area contributed by atoms with Crippen LogP contribution in [0.15, 0.2) is 161 Å². The molecule has 8 rings (SSSR count). The molecule has 0 aliphatic carbocycles. The molecule has 0 unspecified atom stereocenters. The van der Waals surface area contributed by atoms with E-state index in [1.807, 2.05) is 84.9 Å². The summed E-state index contributed by atoms with van der Waals surface area (Å²) in [7, 11) is -3.76. The SMILES string of the molecule is O=S(=O)(c1ccccc1)c1cccc2cccc(-c3ccc(N4c5ccccc5Oc5ccccc54)c4ccccc34)c12. The van der Waals surface area contributed by atoms with Crippen LogP contribution in [0.2, 0.25) is 0 Å². The first-order chi connectivity index (χ1) is 21.1. The average Bonchev–Trinajstić information content (AvgIpc) is 3.06. The maximum Gasteiger partial charge on any atom is 0.207 e. The van der Waals surface area contributed by atoms with E-state index in [1.54, 1.807) is 30.3 Å². The number of nitrogens with zero attached hydrogens (tertiary/aromatic N) is 1. The van der Waals surface area contributed by atoms with Crippen molar-refractivity contribution in [3.63, 3.8) is 0 Å². The van der Waals surface area contributed by atoms with Gasteiger partial charge >= 0.3 is 0 Å². The van der Waals surface area contributed by atoms with E-state index in [1.165, 1.54) is 0 Å². The van der Waals surface area contributed by atoms with Crippen LogP contribution in [-0.4, -0.2) is 8.42 Å². The van der Waals surface area contributed by atoms with Gasteiger partial charge in [0.2, 0.25) is 9.84 Å². The third-order valence-electron chi connectivity index (χ3n) is 8.07. The zero-order valence-electron chi connectivity index (χ0n) is 23.0. The van der Waals surface area contributed by atoms with E-state index in [2.05, 4.69) is 41.3 Å². The monoisotopic (exact) mass is 575 g/mol. The normalized spacial score (nSPS) is 12.5. The van der Waals surface area contributed by atoms with Crippen LogP contribution in [0.25, 0.3) is 32.7 Å². The number of sulfone groups is 1. The lowest BCUT2D eigenvalue weighted by atomic mass is 9.92. The Labute approximate surface area is 250 Å². The van der Waals surface area contributed by atoms with Gasteiger partial charge in [0, 0.05) is 10.8 Å². The van der Waals surface area contributed by atoms with Gasteiger partial charge in [0.1, 0.15) is 0 Å². The molecule has 0 saturated carbocycles. The number of hydrogen-bond acceptors (Lipinski definition) is 4. The number of fused-ring (bicyclic) bond motifs is 4. The van der Waals surface area contributed by atoms with Crippen molar-refractivity contribution in [3.05, 3.63) is 152 Å². The maximum absolute atomic E-state index is 14.0. The number of hydrogen-bond donors (Lipinski definition) is 0. The van der Waals surface area contributed by atoms with Crippen LogP contribution < -0.4 is 9.64 Å². The highest BCUT2D eigenvalue weighted by Crippen LogP contribution is 2.52. The molecule has 0 bridgehead atoms. The van der Waals surface area contributed by atoms with Gasteiger partial charge in [-0.15, -0.1) is 0 Å². The largest absolute Gasteiger partial charge is 0.453 e. The minimum Gasteiger partial charge on any atom is -0.453 e. The Morgan fingerprint density at radius 3 is 1.79 bits per heavy atom. The third-order valence-corrected chi connectivity index (χ3v) is 9.89. The van der Waals surface area contributed by atoms with Crippen molar-refractivity contribution in [2.24, 2.45) is 0 Å². The van der Waals surface area contributed by atoms with Crippen molar-refractivity contribution in [2.75, 3.05) is 4.90 Å². The summed E-state index contributed by atoms with van der Waals surface area (Å²) in [6, 6.07) is 48.8. The Morgan fingerprint density at radius 1 is 0.465 bits per heavy atom. The van der Waals surface area contributed by atoms with Crippen LogP contribution in [0.5, 0.6) is 11.5 Å². The predicted octanol–water partition coefficient (Wildman–Crippen LogP) is 10.1. The molecule has 1 aliphatic rings. The van der Waals surface area contributed by atoms with Crippen molar-refractivity contribution in [1.82, 2.24) is 0 Å². The summed E-state index contributed by atoms with van der Waals surface area (Å²) in [6.07, 6.45) is 0. The van der Waals surface area contributed by atoms with Crippen molar-refractivity contribution < 1.29 is 13.2 Å². The zero-order chi connectivity index (χ0) is 29.0. The van der Waals surface area contributed by atoms with Gasteiger partial charge in [-0.1, -0.05) is 103 Å². The first kappa shape index (κ1) is 25.3. The van der Waals surface area contributed by atoms with Crippen LogP contribution in [0, 0.1) is 0 Å². The second-order valence-corrected chi connectivity index (χ2v) is 12.4. The lowest BCUT2D eigenvalue weighted by molar-refractivity contribution is 0.477. The Bertz CT molecular complexity index is 2240. The second-order valence-electron chi connectivity index (χ2n) is 10.5. The molecule has 0 radical (unpaired) electrons. The highest BCUT2D eigenvalue weighted by atomic mass is 32.2. The molecule has 0 N–H and O–H groups in total. The smallest absolute Gasteiger partial charge is 0.207 e. The summed E-state index contributed by atoms with van der Waals surface area (Å²) in [5.74, 6) is 1.58. The number of benzene rings is 7. The van der Waals surface area contributed by atoms with Gasteiger partial charge in [-0.05, 0) is 70.4 Å². The first-order valence-electron chi connectivity index (χ1n) is 14.1. The second kappa shape index (κ2) is 9.86. The molecule has 1 aliphatic heterocycles. The highest BCUT2D eigenvalue weighted by Gasteiger charge is 2.28. The number of ether oxygens (including phenoxy) is 1. The van der Waals surface area contributed by atoms with E-state index >= 15 is 0 Å². The maximum atomic E-state index is 14.0. The van der Waals surface area contributed by atoms with Gasteiger partial charge in [0.15, 0.2) is 11.5 Å². The number of anilines is 3. The fourth-order valence-electron chi connectivity index (χ4n) is 6.16. The lowest BCUT2D eigenvalue weighted by Crippen LogP contribution is -2.16. The molecule has 5 heteroatoms. The molecular weight excluding hydrogens is 550 g/mol. The molecule has 1 heterocycles. The summed E-state index contributed by atoms with van der Waals surface area (Å²) >= 11 is 0. The van der Waals surface area contributed by atoms with Gasteiger partial charge in [0.25, 0.3) is 0 Å². The van der Waals surface area contributed by atoms with Gasteiger partial charge in [0.05, 0.1) is 26.9 Å². The van der Waals surface area contributed by atoms with Gasteiger partial charge in [-0.25, -0.2) is 8.42 Å². The van der Waals surface area contributed by atoms with Crippen molar-refractivity contribution in [1.29, 1.82) is 0 Å². The van der Waals surface area contributed by atoms with E-state index in [0.717, 1.165) is 55.8 Å².